The molecule has 0 aliphatic rings. The van der Waals surface area contributed by atoms with Gasteiger partial charge >= 0.3 is 0 Å². The van der Waals surface area contributed by atoms with E-state index in [1.165, 1.54) is 5.56 Å². The summed E-state index contributed by atoms with van der Waals surface area (Å²) in [6.07, 6.45) is -0.557. The fraction of sp³-hybridized carbons (Fsp3) is 0.250. The predicted octanol–water partition coefficient (Wildman–Crippen LogP) is 4.46. The summed E-state index contributed by atoms with van der Waals surface area (Å²) in [5, 5.41) is 10.6. The minimum absolute atomic E-state index is 0.557. The average Bonchev–Trinajstić information content (AvgIpc) is 2.32. The van der Waals surface area contributed by atoms with Crippen LogP contribution in [-0.4, -0.2) is 5.11 Å². The molecule has 18 heavy (non-hydrogen) atoms. The van der Waals surface area contributed by atoms with Gasteiger partial charge in [-0.1, -0.05) is 40.2 Å². The van der Waals surface area contributed by atoms with E-state index >= 15 is 0 Å². The number of benzene rings is 2. The van der Waals surface area contributed by atoms with Crippen molar-refractivity contribution in [2.75, 3.05) is 0 Å². The van der Waals surface area contributed by atoms with E-state index in [2.05, 4.69) is 35.8 Å². The molecule has 1 nitrogen and oxygen atoms in total. The van der Waals surface area contributed by atoms with Crippen LogP contribution in [0.4, 0.5) is 0 Å². The van der Waals surface area contributed by atoms with Crippen LogP contribution < -0.4 is 0 Å². The molecule has 0 spiro atoms. The van der Waals surface area contributed by atoms with Crippen LogP contribution in [0.1, 0.15) is 33.9 Å². The first-order valence-corrected chi connectivity index (χ1v) is 6.80. The van der Waals surface area contributed by atoms with Crippen LogP contribution in [-0.2, 0) is 0 Å². The van der Waals surface area contributed by atoms with Gasteiger partial charge in [-0.25, -0.2) is 0 Å². The maximum absolute atomic E-state index is 10.6. The van der Waals surface area contributed by atoms with Crippen LogP contribution in [0.15, 0.2) is 40.9 Å². The zero-order chi connectivity index (χ0) is 13.3. The second kappa shape index (κ2) is 5.25. The number of hydrogen-bond acceptors (Lipinski definition) is 1. The Bertz CT molecular complexity index is 575. The van der Waals surface area contributed by atoms with E-state index in [-0.39, 0.29) is 0 Å². The molecule has 0 saturated heterocycles. The molecule has 0 bridgehead atoms. The van der Waals surface area contributed by atoms with Gasteiger partial charge in [-0.05, 0) is 60.7 Å². The maximum Gasteiger partial charge on any atom is 0.105 e. The van der Waals surface area contributed by atoms with Crippen molar-refractivity contribution in [2.45, 2.75) is 26.9 Å². The van der Waals surface area contributed by atoms with E-state index in [9.17, 15) is 5.11 Å². The molecule has 0 amide bonds. The van der Waals surface area contributed by atoms with Crippen molar-refractivity contribution >= 4 is 15.9 Å². The van der Waals surface area contributed by atoms with Gasteiger partial charge in [0.2, 0.25) is 0 Å². The highest BCUT2D eigenvalue weighted by atomic mass is 79.9. The topological polar surface area (TPSA) is 20.2 Å². The highest BCUT2D eigenvalue weighted by Gasteiger charge is 2.15. The van der Waals surface area contributed by atoms with Crippen molar-refractivity contribution in [3.63, 3.8) is 0 Å². The monoisotopic (exact) mass is 304 g/mol. The molecule has 0 aromatic heterocycles. The third-order valence-corrected chi connectivity index (χ3v) is 3.96. The third kappa shape index (κ3) is 2.50. The number of halogens is 1. The standard InChI is InChI=1S/C16H17BrO/c1-10-5-4-6-15(12(10)3)16(18)14-8-7-13(17)9-11(14)2/h4-9,16,18H,1-3H3. The van der Waals surface area contributed by atoms with E-state index in [1.807, 2.05) is 37.3 Å². The number of aryl methyl sites for hydroxylation is 2. The summed E-state index contributed by atoms with van der Waals surface area (Å²) in [6.45, 7) is 6.15. The number of aliphatic hydroxyl groups is 1. The van der Waals surface area contributed by atoms with E-state index in [0.717, 1.165) is 26.7 Å². The molecule has 1 unspecified atom stereocenters. The Morgan fingerprint density at radius 3 is 2.33 bits per heavy atom. The summed E-state index contributed by atoms with van der Waals surface area (Å²) < 4.78 is 1.04. The van der Waals surface area contributed by atoms with Crippen LogP contribution in [0.3, 0.4) is 0 Å². The zero-order valence-electron chi connectivity index (χ0n) is 10.9. The van der Waals surface area contributed by atoms with Gasteiger partial charge in [0.1, 0.15) is 6.10 Å². The molecule has 1 atom stereocenters. The molecule has 2 aromatic carbocycles. The van der Waals surface area contributed by atoms with Gasteiger partial charge < -0.3 is 5.11 Å². The molecule has 2 rings (SSSR count). The molecule has 0 aliphatic carbocycles. The van der Waals surface area contributed by atoms with Crippen molar-refractivity contribution < 1.29 is 5.11 Å². The Hall–Kier alpha value is -1.12. The van der Waals surface area contributed by atoms with Crippen LogP contribution in [0, 0.1) is 20.8 Å². The fourth-order valence-corrected chi connectivity index (χ4v) is 2.66. The number of rotatable bonds is 2. The lowest BCUT2D eigenvalue weighted by molar-refractivity contribution is 0.218. The molecular weight excluding hydrogens is 288 g/mol. The van der Waals surface area contributed by atoms with E-state index in [0.29, 0.717) is 0 Å². The Balaban J connectivity index is 2.48. The van der Waals surface area contributed by atoms with Crippen molar-refractivity contribution in [3.05, 3.63) is 68.7 Å². The van der Waals surface area contributed by atoms with Gasteiger partial charge in [0, 0.05) is 4.47 Å². The van der Waals surface area contributed by atoms with Gasteiger partial charge in [0.15, 0.2) is 0 Å². The summed E-state index contributed by atoms with van der Waals surface area (Å²) in [7, 11) is 0. The molecular formula is C16H17BrO. The summed E-state index contributed by atoms with van der Waals surface area (Å²) in [6, 6.07) is 12.0. The SMILES string of the molecule is Cc1cc(Br)ccc1C(O)c1cccc(C)c1C. The summed E-state index contributed by atoms with van der Waals surface area (Å²) in [5.74, 6) is 0. The normalized spacial score (nSPS) is 12.5. The molecule has 94 valence electrons. The minimum atomic E-state index is -0.557. The Labute approximate surface area is 117 Å². The second-order valence-corrected chi connectivity index (χ2v) is 5.61. The Morgan fingerprint density at radius 2 is 1.67 bits per heavy atom. The Kier molecular flexibility index (Phi) is 3.88. The average molecular weight is 305 g/mol. The van der Waals surface area contributed by atoms with E-state index in [4.69, 9.17) is 0 Å². The molecule has 0 heterocycles. The molecule has 0 fully saturated rings. The lowest BCUT2D eigenvalue weighted by atomic mass is 9.93. The number of hydrogen-bond donors (Lipinski definition) is 1. The molecule has 0 aliphatic heterocycles. The first-order chi connectivity index (χ1) is 8.50. The van der Waals surface area contributed by atoms with Crippen LogP contribution >= 0.6 is 15.9 Å². The Morgan fingerprint density at radius 1 is 0.944 bits per heavy atom. The minimum Gasteiger partial charge on any atom is -0.384 e. The van der Waals surface area contributed by atoms with Crippen molar-refractivity contribution in [2.24, 2.45) is 0 Å². The fourth-order valence-electron chi connectivity index (χ4n) is 2.18. The lowest BCUT2D eigenvalue weighted by Crippen LogP contribution is -2.04. The smallest absolute Gasteiger partial charge is 0.105 e. The van der Waals surface area contributed by atoms with Crippen LogP contribution in [0.25, 0.3) is 0 Å². The lowest BCUT2D eigenvalue weighted by Gasteiger charge is -2.17. The number of aliphatic hydroxyl groups excluding tert-OH is 1. The molecule has 2 aromatic rings. The predicted molar refractivity (Wildman–Crippen MR) is 78.9 cm³/mol. The van der Waals surface area contributed by atoms with E-state index < -0.39 is 6.10 Å². The maximum atomic E-state index is 10.6. The second-order valence-electron chi connectivity index (χ2n) is 4.69. The largest absolute Gasteiger partial charge is 0.384 e. The van der Waals surface area contributed by atoms with Gasteiger partial charge in [0.25, 0.3) is 0 Å². The van der Waals surface area contributed by atoms with Gasteiger partial charge in [-0.15, -0.1) is 0 Å². The first kappa shape index (κ1) is 13.3. The summed E-state index contributed by atoms with van der Waals surface area (Å²) in [4.78, 5) is 0. The van der Waals surface area contributed by atoms with Gasteiger partial charge in [-0.3, -0.25) is 0 Å². The highest BCUT2D eigenvalue weighted by molar-refractivity contribution is 9.10. The van der Waals surface area contributed by atoms with Crippen molar-refractivity contribution in [1.82, 2.24) is 0 Å². The van der Waals surface area contributed by atoms with Crippen molar-refractivity contribution in [3.8, 4) is 0 Å². The first-order valence-electron chi connectivity index (χ1n) is 6.01. The molecule has 2 heteroatoms. The highest BCUT2D eigenvalue weighted by Crippen LogP contribution is 2.29. The molecule has 0 radical (unpaired) electrons. The quantitative estimate of drug-likeness (QED) is 0.868. The van der Waals surface area contributed by atoms with Crippen LogP contribution in [0.5, 0.6) is 0 Å². The van der Waals surface area contributed by atoms with E-state index in [1.54, 1.807) is 0 Å². The zero-order valence-corrected chi connectivity index (χ0v) is 12.5. The van der Waals surface area contributed by atoms with Gasteiger partial charge in [-0.2, -0.15) is 0 Å². The van der Waals surface area contributed by atoms with Gasteiger partial charge in [0.05, 0.1) is 0 Å². The molecule has 0 saturated carbocycles. The molecule has 1 N–H and O–H groups in total. The van der Waals surface area contributed by atoms with Crippen LogP contribution in [0.2, 0.25) is 0 Å². The van der Waals surface area contributed by atoms with Crippen molar-refractivity contribution in [1.29, 1.82) is 0 Å². The third-order valence-electron chi connectivity index (χ3n) is 3.47. The summed E-state index contributed by atoms with van der Waals surface area (Å²) in [5.41, 5.74) is 5.42. The summed E-state index contributed by atoms with van der Waals surface area (Å²) >= 11 is 3.45.